The van der Waals surface area contributed by atoms with Gasteiger partial charge in [-0.05, 0) is 107 Å². The Hall–Kier alpha value is -5.36. The molecule has 0 fully saturated rings. The van der Waals surface area contributed by atoms with E-state index in [1.54, 1.807) is 0 Å². The maximum Gasteiger partial charge on any atom is 0.132 e. The summed E-state index contributed by atoms with van der Waals surface area (Å²) in [4.78, 5) is 0. The first kappa shape index (κ1) is 36.9. The predicted octanol–water partition coefficient (Wildman–Crippen LogP) is 12.2. The van der Waals surface area contributed by atoms with Crippen LogP contribution in [0.1, 0.15) is 104 Å². The summed E-state index contributed by atoms with van der Waals surface area (Å²) in [5.41, 5.74) is 8.90. The molecule has 0 bridgehead atoms. The van der Waals surface area contributed by atoms with Gasteiger partial charge >= 0.3 is 0 Å². The molecule has 258 valence electrons. The van der Waals surface area contributed by atoms with E-state index in [0.717, 1.165) is 59.2 Å². The van der Waals surface area contributed by atoms with Gasteiger partial charge in [0, 0.05) is 28.4 Å². The van der Waals surface area contributed by atoms with Crippen LogP contribution < -0.4 is 0 Å². The quantitative estimate of drug-likeness (QED) is 0.200. The number of rotatable bonds is 10. The van der Waals surface area contributed by atoms with Gasteiger partial charge in [-0.2, -0.15) is 21.0 Å². The molecule has 1 atom stereocenters. The third-order valence-electron chi connectivity index (χ3n) is 10.4. The molecule has 0 spiro atoms. The minimum atomic E-state index is -0.0351. The van der Waals surface area contributed by atoms with Gasteiger partial charge in [0.15, 0.2) is 0 Å². The van der Waals surface area contributed by atoms with Crippen LogP contribution >= 0.6 is 0 Å². The number of hydrogen-bond acceptors (Lipinski definition) is 4. The highest BCUT2D eigenvalue weighted by Crippen LogP contribution is 2.41. The van der Waals surface area contributed by atoms with Crippen LogP contribution in [0.15, 0.2) is 94.1 Å². The molecule has 1 unspecified atom stereocenters. The third-order valence-corrected chi connectivity index (χ3v) is 10.4. The average molecular weight is 672 g/mol. The van der Waals surface area contributed by atoms with Crippen LogP contribution in [-0.2, 0) is 6.54 Å². The molecule has 2 aromatic carbocycles. The first-order valence-electron chi connectivity index (χ1n) is 18.3. The highest BCUT2D eigenvalue weighted by Gasteiger charge is 2.27. The minimum Gasteiger partial charge on any atom is -0.340 e. The Kier molecular flexibility index (Phi) is 11.3. The van der Waals surface area contributed by atoms with Crippen molar-refractivity contribution in [2.45, 2.75) is 99.5 Å². The molecule has 0 saturated carbocycles. The molecule has 3 aromatic rings. The Balaban J connectivity index is 1.58. The lowest BCUT2D eigenvalue weighted by Crippen LogP contribution is -2.17. The van der Waals surface area contributed by atoms with E-state index in [9.17, 15) is 21.0 Å². The van der Waals surface area contributed by atoms with E-state index >= 15 is 0 Å². The minimum absolute atomic E-state index is 0.0351. The molecule has 0 amide bonds. The van der Waals surface area contributed by atoms with E-state index in [4.69, 9.17) is 0 Å². The van der Waals surface area contributed by atoms with Crippen LogP contribution in [0, 0.1) is 62.1 Å². The summed E-state index contributed by atoms with van der Waals surface area (Å²) in [6.45, 7) is 14.3. The summed E-state index contributed by atoms with van der Waals surface area (Å²) < 4.78 is 2.51. The number of allylic oxidation sites excluding steroid dienone is 10. The Bertz CT molecular complexity index is 2020. The second kappa shape index (κ2) is 15.7. The normalized spacial score (nSPS) is 17.5. The monoisotopic (exact) mass is 671 g/mol. The summed E-state index contributed by atoms with van der Waals surface area (Å²) in [7, 11) is 0. The van der Waals surface area contributed by atoms with E-state index < -0.39 is 0 Å². The number of aromatic nitrogens is 1. The van der Waals surface area contributed by atoms with Gasteiger partial charge in [-0.15, -0.1) is 0 Å². The number of nitrogens with zero attached hydrogens (tertiary/aromatic N) is 5. The van der Waals surface area contributed by atoms with Crippen molar-refractivity contribution in [3.05, 3.63) is 105 Å². The van der Waals surface area contributed by atoms with Crippen LogP contribution in [0.25, 0.3) is 34.0 Å². The zero-order valence-corrected chi connectivity index (χ0v) is 31.1. The molecule has 51 heavy (non-hydrogen) atoms. The smallest absolute Gasteiger partial charge is 0.132 e. The van der Waals surface area contributed by atoms with Crippen molar-refractivity contribution in [1.29, 1.82) is 21.0 Å². The van der Waals surface area contributed by atoms with Crippen LogP contribution in [0.4, 0.5) is 0 Å². The van der Waals surface area contributed by atoms with Crippen molar-refractivity contribution >= 4 is 34.0 Å². The van der Waals surface area contributed by atoms with Crippen molar-refractivity contribution < 1.29 is 0 Å². The fraction of sp³-hybridized carbons (Fsp3) is 0.391. The molecule has 5 rings (SSSR count). The van der Waals surface area contributed by atoms with Crippen molar-refractivity contribution in [2.75, 3.05) is 0 Å². The highest BCUT2D eigenvalue weighted by molar-refractivity contribution is 6.09. The fourth-order valence-corrected chi connectivity index (χ4v) is 7.91. The molecular weight excluding hydrogens is 623 g/mol. The molecule has 5 nitrogen and oxygen atoms in total. The number of unbranched alkanes of at least 4 members (excludes halogenated alkanes) is 1. The summed E-state index contributed by atoms with van der Waals surface area (Å²) in [5.74, 6) is 0.606. The summed E-state index contributed by atoms with van der Waals surface area (Å²) >= 11 is 0. The largest absolute Gasteiger partial charge is 0.340 e. The Morgan fingerprint density at radius 1 is 0.686 bits per heavy atom. The van der Waals surface area contributed by atoms with E-state index in [1.807, 2.05) is 12.2 Å². The number of hydrogen-bond donors (Lipinski definition) is 0. The molecule has 0 N–H and O–H groups in total. The fourth-order valence-electron chi connectivity index (χ4n) is 7.91. The van der Waals surface area contributed by atoms with Crippen molar-refractivity contribution in [2.24, 2.45) is 16.7 Å². The molecule has 1 aromatic heterocycles. The molecule has 1 heterocycles. The summed E-state index contributed by atoms with van der Waals surface area (Å²) in [6, 6.07) is 21.8. The lowest BCUT2D eigenvalue weighted by molar-refractivity contribution is 0.354. The van der Waals surface area contributed by atoms with Gasteiger partial charge in [-0.1, -0.05) is 109 Å². The third kappa shape index (κ3) is 8.69. The summed E-state index contributed by atoms with van der Waals surface area (Å²) in [5, 5.41) is 40.5. The van der Waals surface area contributed by atoms with E-state index in [1.165, 1.54) is 41.1 Å². The zero-order valence-electron chi connectivity index (χ0n) is 31.1. The lowest BCUT2D eigenvalue weighted by Gasteiger charge is -2.30. The van der Waals surface area contributed by atoms with Crippen LogP contribution in [0.3, 0.4) is 0 Å². The molecule has 0 radical (unpaired) electrons. The zero-order chi connectivity index (χ0) is 36.8. The number of nitriles is 4. The Morgan fingerprint density at radius 3 is 1.53 bits per heavy atom. The highest BCUT2D eigenvalue weighted by atomic mass is 15.0. The maximum absolute atomic E-state index is 9.52. The molecule has 0 saturated heterocycles. The number of fused-ring (bicyclic) bond motifs is 3. The molecule has 2 aliphatic carbocycles. The van der Waals surface area contributed by atoms with Crippen molar-refractivity contribution in [3.63, 3.8) is 0 Å². The van der Waals surface area contributed by atoms with Gasteiger partial charge in [0.05, 0.1) is 0 Å². The molecule has 5 heteroatoms. The molecule has 2 aliphatic rings. The second-order valence-corrected chi connectivity index (χ2v) is 16.0. The first-order chi connectivity index (χ1) is 24.4. The van der Waals surface area contributed by atoms with E-state index in [-0.39, 0.29) is 22.0 Å². The van der Waals surface area contributed by atoms with E-state index in [0.29, 0.717) is 18.8 Å². The number of benzene rings is 2. The van der Waals surface area contributed by atoms with Gasteiger partial charge in [-0.3, -0.25) is 0 Å². The second-order valence-electron chi connectivity index (χ2n) is 16.0. The van der Waals surface area contributed by atoms with Crippen molar-refractivity contribution in [3.8, 4) is 24.3 Å². The van der Waals surface area contributed by atoms with Gasteiger partial charge < -0.3 is 4.57 Å². The Labute approximate surface area is 304 Å². The van der Waals surface area contributed by atoms with Gasteiger partial charge in [0.2, 0.25) is 0 Å². The topological polar surface area (TPSA) is 100 Å². The maximum atomic E-state index is 9.52. The standard InChI is InChI=1S/C46H49N5/c1-7-9-10-32(8-2)31-51-43-17-15-33(11-13-35-19-37(39(27-47)28-48)25-45(3,4)23-35)21-41(43)42-22-34(16-18-44(42)51)12-14-36-20-38(40(29-49)30-50)26-46(5,6)24-36/h11-22,32H,7-10,23-26,31H2,1-6H3/b13-11+,14-12+. The van der Waals surface area contributed by atoms with Crippen LogP contribution in [0.5, 0.6) is 0 Å². The van der Waals surface area contributed by atoms with Gasteiger partial charge in [0.25, 0.3) is 0 Å². The SMILES string of the molecule is CCCCC(CC)Cn1c2ccc(/C=C/C3=CC(=C(C#N)C#N)CC(C)(C)C3)cc2c2cc(/C=C/C3=CC(=C(C#N)C#N)CC(C)(C)C3)ccc21. The Morgan fingerprint density at radius 2 is 1.14 bits per heavy atom. The lowest BCUT2D eigenvalue weighted by atomic mass is 9.74. The average Bonchev–Trinajstić information content (AvgIpc) is 3.39. The van der Waals surface area contributed by atoms with Crippen LogP contribution in [-0.4, -0.2) is 4.57 Å². The van der Waals surface area contributed by atoms with Gasteiger partial charge in [0.1, 0.15) is 35.4 Å². The predicted molar refractivity (Wildman–Crippen MR) is 210 cm³/mol. The van der Waals surface area contributed by atoms with E-state index in [2.05, 4.69) is 131 Å². The first-order valence-corrected chi connectivity index (χ1v) is 18.3. The van der Waals surface area contributed by atoms with Crippen molar-refractivity contribution in [1.82, 2.24) is 4.57 Å². The molecular formula is C46H49N5. The van der Waals surface area contributed by atoms with Gasteiger partial charge in [-0.25, -0.2) is 0 Å². The molecule has 0 aliphatic heterocycles. The summed E-state index contributed by atoms with van der Waals surface area (Å²) in [6.07, 6.45) is 20.6. The van der Waals surface area contributed by atoms with Crippen LogP contribution in [0.2, 0.25) is 0 Å².